The van der Waals surface area contributed by atoms with Crippen molar-refractivity contribution in [1.82, 2.24) is 4.90 Å². The van der Waals surface area contributed by atoms with E-state index in [-0.39, 0.29) is 29.0 Å². The van der Waals surface area contributed by atoms with Crippen molar-refractivity contribution < 1.29 is 29.3 Å². The standard InChI is InChI=1S/C33H37NO6/c1-20(2)19-40-25-14-7-21(8-15-25)18-34-29(22-9-12-24(35)13-10-22)28(31(37)32(34)38)30(36)23-11-16-27(39-6)26(17-23)33(3,4)5/h7-17,20,29,35-36H,18-19H2,1-6H3/b30-28-. The summed E-state index contributed by atoms with van der Waals surface area (Å²) in [5.74, 6) is 0.114. The van der Waals surface area contributed by atoms with E-state index in [4.69, 9.17) is 9.47 Å². The third-order valence-electron chi connectivity index (χ3n) is 6.89. The van der Waals surface area contributed by atoms with Gasteiger partial charge in [0.05, 0.1) is 25.3 Å². The van der Waals surface area contributed by atoms with Crippen LogP contribution in [0.1, 0.15) is 62.9 Å². The van der Waals surface area contributed by atoms with Gasteiger partial charge in [0, 0.05) is 17.7 Å². The molecule has 210 valence electrons. The first-order valence-corrected chi connectivity index (χ1v) is 13.4. The number of carbonyl (C=O) groups is 2. The van der Waals surface area contributed by atoms with Gasteiger partial charge in [-0.25, -0.2) is 0 Å². The molecule has 7 nitrogen and oxygen atoms in total. The Hall–Kier alpha value is -4.26. The molecule has 1 saturated heterocycles. The molecule has 0 aromatic heterocycles. The number of carbonyl (C=O) groups excluding carboxylic acids is 2. The van der Waals surface area contributed by atoms with Crippen molar-refractivity contribution in [2.45, 2.75) is 52.6 Å². The number of benzene rings is 3. The van der Waals surface area contributed by atoms with Crippen LogP contribution in [-0.4, -0.2) is 40.5 Å². The Morgan fingerprint density at radius 3 is 2.20 bits per heavy atom. The lowest BCUT2D eigenvalue weighted by Gasteiger charge is -2.26. The van der Waals surface area contributed by atoms with Gasteiger partial charge in [0.2, 0.25) is 0 Å². The zero-order chi connectivity index (χ0) is 29.2. The minimum absolute atomic E-state index is 0.00222. The molecule has 1 heterocycles. The Balaban J connectivity index is 1.78. The molecule has 1 amide bonds. The molecule has 3 aromatic rings. The Bertz CT molecular complexity index is 1410. The number of ketones is 1. The van der Waals surface area contributed by atoms with E-state index < -0.39 is 17.7 Å². The predicted molar refractivity (Wildman–Crippen MR) is 154 cm³/mol. The van der Waals surface area contributed by atoms with E-state index in [1.807, 2.05) is 45.0 Å². The largest absolute Gasteiger partial charge is 0.508 e. The Morgan fingerprint density at radius 1 is 0.975 bits per heavy atom. The maximum absolute atomic E-state index is 13.5. The summed E-state index contributed by atoms with van der Waals surface area (Å²) in [6.45, 7) is 11.0. The number of aliphatic hydroxyl groups excluding tert-OH is 1. The van der Waals surface area contributed by atoms with Crippen molar-refractivity contribution in [1.29, 1.82) is 0 Å². The molecule has 0 radical (unpaired) electrons. The lowest BCUT2D eigenvalue weighted by atomic mass is 9.84. The number of amides is 1. The Labute approximate surface area is 235 Å². The number of hydrogen-bond acceptors (Lipinski definition) is 6. The number of ether oxygens (including phenoxy) is 2. The van der Waals surface area contributed by atoms with Crippen LogP contribution in [0.15, 0.2) is 72.3 Å². The number of likely N-dealkylation sites (tertiary alicyclic amines) is 1. The highest BCUT2D eigenvalue weighted by Crippen LogP contribution is 2.42. The number of nitrogens with zero attached hydrogens (tertiary/aromatic N) is 1. The molecule has 7 heteroatoms. The highest BCUT2D eigenvalue weighted by Gasteiger charge is 2.46. The molecular weight excluding hydrogens is 506 g/mol. The molecule has 4 rings (SSSR count). The van der Waals surface area contributed by atoms with Gasteiger partial charge in [-0.3, -0.25) is 9.59 Å². The third kappa shape index (κ3) is 5.98. The van der Waals surface area contributed by atoms with Crippen LogP contribution >= 0.6 is 0 Å². The summed E-state index contributed by atoms with van der Waals surface area (Å²) in [4.78, 5) is 28.3. The van der Waals surface area contributed by atoms with E-state index in [1.54, 1.807) is 37.4 Å². The number of aliphatic hydroxyl groups is 1. The van der Waals surface area contributed by atoms with Crippen LogP contribution in [0.3, 0.4) is 0 Å². The zero-order valence-corrected chi connectivity index (χ0v) is 23.9. The topological polar surface area (TPSA) is 96.3 Å². The van der Waals surface area contributed by atoms with Gasteiger partial charge < -0.3 is 24.6 Å². The van der Waals surface area contributed by atoms with Gasteiger partial charge in [-0.15, -0.1) is 0 Å². The molecule has 1 fully saturated rings. The number of rotatable bonds is 8. The number of Topliss-reactive ketones (excluding diaryl/α,β-unsaturated/α-hetero) is 1. The fourth-order valence-electron chi connectivity index (χ4n) is 4.79. The summed E-state index contributed by atoms with van der Waals surface area (Å²) in [5.41, 5.74) is 2.38. The van der Waals surface area contributed by atoms with E-state index in [0.29, 0.717) is 29.4 Å². The first-order chi connectivity index (χ1) is 18.9. The summed E-state index contributed by atoms with van der Waals surface area (Å²) < 4.78 is 11.3. The molecule has 2 N–H and O–H groups in total. The number of methoxy groups -OCH3 is 1. The number of aromatic hydroxyl groups is 1. The first kappa shape index (κ1) is 28.7. The molecule has 1 atom stereocenters. The number of hydrogen-bond donors (Lipinski definition) is 2. The Kier molecular flexibility index (Phi) is 8.24. The molecular formula is C33H37NO6. The van der Waals surface area contributed by atoms with E-state index >= 15 is 0 Å². The monoisotopic (exact) mass is 543 g/mol. The van der Waals surface area contributed by atoms with Crippen LogP contribution in [0, 0.1) is 5.92 Å². The van der Waals surface area contributed by atoms with Crippen molar-refractivity contribution in [2.24, 2.45) is 5.92 Å². The van der Waals surface area contributed by atoms with Gasteiger partial charge in [0.15, 0.2) is 0 Å². The van der Waals surface area contributed by atoms with Crippen LogP contribution in [0.25, 0.3) is 5.76 Å². The second kappa shape index (κ2) is 11.5. The summed E-state index contributed by atoms with van der Waals surface area (Å²) in [6, 6.07) is 18.1. The normalized spacial score (nSPS) is 17.0. The maximum Gasteiger partial charge on any atom is 0.295 e. The van der Waals surface area contributed by atoms with Gasteiger partial charge in [-0.2, -0.15) is 0 Å². The highest BCUT2D eigenvalue weighted by atomic mass is 16.5. The van der Waals surface area contributed by atoms with Crippen molar-refractivity contribution in [3.63, 3.8) is 0 Å². The lowest BCUT2D eigenvalue weighted by molar-refractivity contribution is -0.140. The molecule has 0 bridgehead atoms. The van der Waals surface area contributed by atoms with Crippen molar-refractivity contribution in [2.75, 3.05) is 13.7 Å². The molecule has 0 saturated carbocycles. The van der Waals surface area contributed by atoms with Crippen molar-refractivity contribution in [3.05, 3.63) is 94.6 Å². The quantitative estimate of drug-likeness (QED) is 0.195. The van der Waals surface area contributed by atoms with Gasteiger partial charge in [-0.1, -0.05) is 58.9 Å². The number of phenolic OH excluding ortho intramolecular Hbond substituents is 1. The third-order valence-corrected chi connectivity index (χ3v) is 6.89. The minimum atomic E-state index is -0.849. The van der Waals surface area contributed by atoms with Crippen LogP contribution in [-0.2, 0) is 21.5 Å². The van der Waals surface area contributed by atoms with Gasteiger partial charge >= 0.3 is 0 Å². The zero-order valence-electron chi connectivity index (χ0n) is 23.9. The van der Waals surface area contributed by atoms with E-state index in [0.717, 1.165) is 16.9 Å². The number of phenols is 1. The molecule has 1 aliphatic heterocycles. The first-order valence-electron chi connectivity index (χ1n) is 13.4. The fourth-order valence-corrected chi connectivity index (χ4v) is 4.79. The maximum atomic E-state index is 13.5. The molecule has 1 unspecified atom stereocenters. The van der Waals surface area contributed by atoms with Crippen molar-refractivity contribution >= 4 is 17.4 Å². The summed E-state index contributed by atoms with van der Waals surface area (Å²) >= 11 is 0. The highest BCUT2D eigenvalue weighted by molar-refractivity contribution is 6.46. The second-order valence-electron chi connectivity index (χ2n) is 11.5. The van der Waals surface area contributed by atoms with E-state index in [2.05, 4.69) is 13.8 Å². The van der Waals surface area contributed by atoms with Crippen LogP contribution in [0.4, 0.5) is 0 Å². The van der Waals surface area contributed by atoms with Gasteiger partial charge in [0.25, 0.3) is 11.7 Å². The summed E-state index contributed by atoms with van der Waals surface area (Å²) in [5, 5.41) is 21.4. The lowest BCUT2D eigenvalue weighted by Crippen LogP contribution is -2.29. The van der Waals surface area contributed by atoms with Gasteiger partial charge in [-0.05, 0) is 64.9 Å². The predicted octanol–water partition coefficient (Wildman–Crippen LogP) is 6.36. The molecule has 3 aromatic carbocycles. The smallest absolute Gasteiger partial charge is 0.295 e. The van der Waals surface area contributed by atoms with E-state index in [1.165, 1.54) is 17.0 Å². The van der Waals surface area contributed by atoms with Gasteiger partial charge in [0.1, 0.15) is 23.0 Å². The SMILES string of the molecule is COc1ccc(/C(O)=C2/C(=O)C(=O)N(Cc3ccc(OCC(C)C)cc3)C2c2ccc(O)cc2)cc1C(C)(C)C. The average molecular weight is 544 g/mol. The summed E-state index contributed by atoms with van der Waals surface area (Å²) in [6.07, 6.45) is 0. The summed E-state index contributed by atoms with van der Waals surface area (Å²) in [7, 11) is 1.59. The van der Waals surface area contributed by atoms with Crippen LogP contribution in [0.2, 0.25) is 0 Å². The molecule has 1 aliphatic rings. The van der Waals surface area contributed by atoms with Crippen molar-refractivity contribution in [3.8, 4) is 17.2 Å². The van der Waals surface area contributed by atoms with Crippen LogP contribution in [0.5, 0.6) is 17.2 Å². The molecule has 0 spiro atoms. The average Bonchev–Trinajstić information content (AvgIpc) is 3.16. The second-order valence-corrected chi connectivity index (χ2v) is 11.5. The van der Waals surface area contributed by atoms with Crippen LogP contribution < -0.4 is 9.47 Å². The fraction of sp³-hybridized carbons (Fsp3) is 0.333. The Morgan fingerprint density at radius 2 is 1.62 bits per heavy atom. The van der Waals surface area contributed by atoms with E-state index in [9.17, 15) is 19.8 Å². The molecule has 40 heavy (non-hydrogen) atoms. The minimum Gasteiger partial charge on any atom is -0.508 e. The molecule has 0 aliphatic carbocycles.